The average molecular weight is 243 g/mol. The van der Waals surface area contributed by atoms with Crippen LogP contribution in [0.15, 0.2) is 10.9 Å². The molecule has 1 aromatic rings. The van der Waals surface area contributed by atoms with Gasteiger partial charge in [-0.05, 0) is 20.9 Å². The molecule has 0 spiro atoms. The fraction of sp³-hybridized carbons (Fsp3) is 0.727. The molecule has 92 valence electrons. The van der Waals surface area contributed by atoms with Gasteiger partial charge in [0.1, 0.15) is 0 Å². The van der Waals surface area contributed by atoms with E-state index >= 15 is 0 Å². The molecule has 1 heterocycles. The van der Waals surface area contributed by atoms with E-state index in [-0.39, 0.29) is 11.6 Å². The molecule has 0 saturated carbocycles. The van der Waals surface area contributed by atoms with Crippen LogP contribution < -0.4 is 5.73 Å². The normalized spacial score (nSPS) is 17.4. The summed E-state index contributed by atoms with van der Waals surface area (Å²) in [5, 5.41) is 2.06. The van der Waals surface area contributed by atoms with Crippen LogP contribution in [0.5, 0.6) is 0 Å². The van der Waals surface area contributed by atoms with Gasteiger partial charge >= 0.3 is 0 Å². The molecule has 0 aromatic carbocycles. The summed E-state index contributed by atoms with van der Waals surface area (Å²) in [4.78, 5) is 6.49. The molecule has 0 aliphatic rings. The van der Waals surface area contributed by atoms with Gasteiger partial charge in [0, 0.05) is 25.6 Å². The highest BCUT2D eigenvalue weighted by molar-refractivity contribution is 7.07. The first-order valence-corrected chi connectivity index (χ1v) is 6.30. The number of nitrogens with zero attached hydrogens (tertiary/aromatic N) is 2. The van der Waals surface area contributed by atoms with Crippen LogP contribution in [0.3, 0.4) is 0 Å². The molecule has 2 unspecified atom stereocenters. The van der Waals surface area contributed by atoms with Gasteiger partial charge in [0.05, 0.1) is 22.8 Å². The Balaban J connectivity index is 2.72. The average Bonchev–Trinajstić information content (AvgIpc) is 2.79. The van der Waals surface area contributed by atoms with Crippen LogP contribution in [0.4, 0.5) is 0 Å². The van der Waals surface area contributed by atoms with Gasteiger partial charge in [0.2, 0.25) is 0 Å². The van der Waals surface area contributed by atoms with Crippen molar-refractivity contribution < 1.29 is 4.74 Å². The molecule has 0 aliphatic carbocycles. The van der Waals surface area contributed by atoms with E-state index in [4.69, 9.17) is 10.5 Å². The van der Waals surface area contributed by atoms with Gasteiger partial charge < -0.3 is 10.5 Å². The Hall–Kier alpha value is -0.490. The van der Waals surface area contributed by atoms with Crippen molar-refractivity contribution in [2.45, 2.75) is 32.0 Å². The molecule has 0 bridgehead atoms. The molecule has 16 heavy (non-hydrogen) atoms. The third kappa shape index (κ3) is 2.79. The molecule has 0 aliphatic heterocycles. The second kappa shape index (κ2) is 5.72. The number of likely N-dealkylation sites (N-methyl/N-ethyl adjacent to an activating group) is 1. The molecule has 2 atom stereocenters. The lowest BCUT2D eigenvalue weighted by molar-refractivity contribution is -0.0233. The van der Waals surface area contributed by atoms with Crippen molar-refractivity contribution in [2.75, 3.05) is 20.7 Å². The zero-order valence-corrected chi connectivity index (χ0v) is 11.3. The summed E-state index contributed by atoms with van der Waals surface area (Å²) in [6, 6.07) is 0. The van der Waals surface area contributed by atoms with Crippen molar-refractivity contribution >= 4 is 11.3 Å². The van der Waals surface area contributed by atoms with E-state index < -0.39 is 0 Å². The third-order valence-electron chi connectivity index (χ3n) is 3.40. The van der Waals surface area contributed by atoms with Crippen molar-refractivity contribution in [2.24, 2.45) is 5.73 Å². The van der Waals surface area contributed by atoms with E-state index in [2.05, 4.69) is 29.2 Å². The van der Waals surface area contributed by atoms with Crippen molar-refractivity contribution in [3.63, 3.8) is 0 Å². The Morgan fingerprint density at radius 2 is 2.38 bits per heavy atom. The summed E-state index contributed by atoms with van der Waals surface area (Å²) < 4.78 is 5.41. The largest absolute Gasteiger partial charge is 0.380 e. The number of nitrogens with two attached hydrogens (primary N) is 1. The van der Waals surface area contributed by atoms with E-state index in [1.165, 1.54) is 0 Å². The van der Waals surface area contributed by atoms with E-state index in [0.717, 1.165) is 12.2 Å². The Morgan fingerprint density at radius 3 is 2.81 bits per heavy atom. The summed E-state index contributed by atoms with van der Waals surface area (Å²) in [6.07, 6.45) is 0.0844. The number of thiazole rings is 1. The molecule has 4 nitrogen and oxygen atoms in total. The molecule has 0 radical (unpaired) electrons. The van der Waals surface area contributed by atoms with Crippen molar-refractivity contribution in [3.05, 3.63) is 16.6 Å². The quantitative estimate of drug-likeness (QED) is 0.819. The summed E-state index contributed by atoms with van der Waals surface area (Å²) in [7, 11) is 3.77. The van der Waals surface area contributed by atoms with Gasteiger partial charge in [-0.2, -0.15) is 0 Å². The number of aromatic nitrogens is 1. The third-order valence-corrected chi connectivity index (χ3v) is 4.03. The monoisotopic (exact) mass is 243 g/mol. The maximum absolute atomic E-state index is 5.87. The Labute approximate surface area is 101 Å². The molecule has 0 amide bonds. The number of ether oxygens (including phenoxy) is 1. The van der Waals surface area contributed by atoms with Crippen molar-refractivity contribution in [1.82, 2.24) is 9.88 Å². The molecular weight excluding hydrogens is 222 g/mol. The van der Waals surface area contributed by atoms with E-state index in [1.54, 1.807) is 18.4 Å². The maximum atomic E-state index is 5.87. The van der Waals surface area contributed by atoms with Crippen LogP contribution in [0.1, 0.15) is 19.5 Å². The molecular formula is C11H21N3OS. The number of rotatable bonds is 6. The highest BCUT2D eigenvalue weighted by Gasteiger charge is 2.34. The van der Waals surface area contributed by atoms with Gasteiger partial charge in [0.25, 0.3) is 0 Å². The molecule has 0 saturated heterocycles. The second-order valence-corrected chi connectivity index (χ2v) is 4.99. The smallest absolute Gasteiger partial charge is 0.0795 e. The van der Waals surface area contributed by atoms with Crippen molar-refractivity contribution in [1.29, 1.82) is 0 Å². The van der Waals surface area contributed by atoms with Gasteiger partial charge in [0.15, 0.2) is 0 Å². The Morgan fingerprint density at radius 1 is 1.69 bits per heavy atom. The summed E-state index contributed by atoms with van der Waals surface area (Å²) in [5.74, 6) is 0. The summed E-state index contributed by atoms with van der Waals surface area (Å²) in [5.41, 5.74) is 8.63. The lowest BCUT2D eigenvalue weighted by Crippen LogP contribution is -2.57. The first kappa shape index (κ1) is 13.6. The first-order valence-electron chi connectivity index (χ1n) is 5.35. The topological polar surface area (TPSA) is 51.4 Å². The highest BCUT2D eigenvalue weighted by Crippen LogP contribution is 2.21. The van der Waals surface area contributed by atoms with E-state index in [9.17, 15) is 0 Å². The minimum absolute atomic E-state index is 0.0844. The predicted molar refractivity (Wildman–Crippen MR) is 67.5 cm³/mol. The molecule has 2 N–H and O–H groups in total. The van der Waals surface area contributed by atoms with Crippen molar-refractivity contribution in [3.8, 4) is 0 Å². The van der Waals surface area contributed by atoms with Gasteiger partial charge in [-0.1, -0.05) is 0 Å². The number of hydrogen-bond donors (Lipinski definition) is 1. The summed E-state index contributed by atoms with van der Waals surface area (Å²) in [6.45, 7) is 5.52. The number of hydrogen-bond acceptors (Lipinski definition) is 5. The zero-order valence-electron chi connectivity index (χ0n) is 10.4. The van der Waals surface area contributed by atoms with Crippen LogP contribution in [0.2, 0.25) is 0 Å². The molecule has 0 fully saturated rings. The van der Waals surface area contributed by atoms with Crippen LogP contribution in [-0.4, -0.2) is 42.2 Å². The SMILES string of the molecule is COC(C)C(C)(CN)N(C)Cc1cscn1. The van der Waals surface area contributed by atoms with E-state index in [1.807, 2.05) is 12.4 Å². The minimum atomic E-state index is -0.168. The predicted octanol–water partition coefficient (Wildman–Crippen LogP) is 1.33. The fourth-order valence-corrected chi connectivity index (χ4v) is 2.17. The van der Waals surface area contributed by atoms with Gasteiger partial charge in [-0.25, -0.2) is 4.98 Å². The lowest BCUT2D eigenvalue weighted by Gasteiger charge is -2.41. The Kier molecular flexibility index (Phi) is 4.86. The van der Waals surface area contributed by atoms with Crippen LogP contribution >= 0.6 is 11.3 Å². The standard InChI is InChI=1S/C11H21N3OS/c1-9(15-4)11(2,7-12)14(3)5-10-6-16-8-13-10/h6,8-9H,5,7,12H2,1-4H3. The fourth-order valence-electron chi connectivity index (χ4n) is 1.63. The highest BCUT2D eigenvalue weighted by atomic mass is 32.1. The maximum Gasteiger partial charge on any atom is 0.0795 e. The Bertz CT molecular complexity index is 304. The van der Waals surface area contributed by atoms with Crippen LogP contribution in [0, 0.1) is 0 Å². The van der Waals surface area contributed by atoms with Gasteiger partial charge in [-0.15, -0.1) is 11.3 Å². The van der Waals surface area contributed by atoms with Crippen LogP contribution in [0.25, 0.3) is 0 Å². The molecule has 1 rings (SSSR count). The summed E-state index contributed by atoms with van der Waals surface area (Å²) >= 11 is 1.61. The van der Waals surface area contributed by atoms with E-state index in [0.29, 0.717) is 6.54 Å². The minimum Gasteiger partial charge on any atom is -0.380 e. The zero-order chi connectivity index (χ0) is 12.2. The van der Waals surface area contributed by atoms with Crippen LogP contribution in [-0.2, 0) is 11.3 Å². The second-order valence-electron chi connectivity index (χ2n) is 4.28. The molecule has 1 aromatic heterocycles. The molecule has 5 heteroatoms. The van der Waals surface area contributed by atoms with Gasteiger partial charge in [-0.3, -0.25) is 4.90 Å². The number of methoxy groups -OCH3 is 1. The lowest BCUT2D eigenvalue weighted by atomic mass is 9.93. The first-order chi connectivity index (χ1) is 7.54.